The van der Waals surface area contributed by atoms with Gasteiger partial charge in [-0.1, -0.05) is 6.07 Å². The van der Waals surface area contributed by atoms with Crippen LogP contribution in [0.25, 0.3) is 6.08 Å². The van der Waals surface area contributed by atoms with Crippen molar-refractivity contribution in [1.29, 1.82) is 0 Å². The number of carbonyl (C=O) groups excluding carboxylic acids is 1. The lowest BCUT2D eigenvalue weighted by Gasteiger charge is -2.06. The van der Waals surface area contributed by atoms with Crippen molar-refractivity contribution in [1.82, 2.24) is 0 Å². The highest BCUT2D eigenvalue weighted by atomic mass is 127. The lowest BCUT2D eigenvalue weighted by atomic mass is 10.2. The Morgan fingerprint density at radius 1 is 1.39 bits per heavy atom. The van der Waals surface area contributed by atoms with Crippen LogP contribution in [0.2, 0.25) is 0 Å². The standard InChI is InChI=1S/C14H12INOS/c1-10-9-11(15)4-6-13(10)16-14(17)7-5-12-3-2-8-18-12/h2-9H,1H3,(H,16,17). The Labute approximate surface area is 124 Å². The second-order valence-electron chi connectivity index (χ2n) is 3.80. The number of hydrogen-bond acceptors (Lipinski definition) is 2. The average Bonchev–Trinajstić information content (AvgIpc) is 2.83. The van der Waals surface area contributed by atoms with Gasteiger partial charge in [-0.2, -0.15) is 0 Å². The van der Waals surface area contributed by atoms with Crippen molar-refractivity contribution in [3.8, 4) is 0 Å². The van der Waals surface area contributed by atoms with Crippen molar-refractivity contribution in [2.45, 2.75) is 6.92 Å². The first kappa shape index (κ1) is 13.3. The Morgan fingerprint density at radius 3 is 2.89 bits per heavy atom. The SMILES string of the molecule is Cc1cc(I)ccc1NC(=O)C=Cc1cccs1. The van der Waals surface area contributed by atoms with E-state index >= 15 is 0 Å². The fraction of sp³-hybridized carbons (Fsp3) is 0.0714. The van der Waals surface area contributed by atoms with Gasteiger partial charge in [0.15, 0.2) is 0 Å². The predicted octanol–water partition coefficient (Wildman–Crippen LogP) is 4.31. The maximum atomic E-state index is 11.7. The number of hydrogen-bond donors (Lipinski definition) is 1. The second-order valence-corrected chi connectivity index (χ2v) is 6.02. The highest BCUT2D eigenvalue weighted by Gasteiger charge is 2.01. The third-order valence-corrected chi connectivity index (χ3v) is 3.90. The molecule has 0 unspecified atom stereocenters. The molecule has 0 aliphatic carbocycles. The molecule has 0 atom stereocenters. The number of thiophene rings is 1. The van der Waals surface area contributed by atoms with Gasteiger partial charge in [-0.05, 0) is 70.8 Å². The molecule has 1 N–H and O–H groups in total. The van der Waals surface area contributed by atoms with Crippen LogP contribution in [0.5, 0.6) is 0 Å². The quantitative estimate of drug-likeness (QED) is 0.634. The number of rotatable bonds is 3. The van der Waals surface area contributed by atoms with Gasteiger partial charge < -0.3 is 5.32 Å². The zero-order valence-electron chi connectivity index (χ0n) is 9.81. The predicted molar refractivity (Wildman–Crippen MR) is 85.9 cm³/mol. The van der Waals surface area contributed by atoms with Crippen LogP contribution < -0.4 is 5.32 Å². The number of benzene rings is 1. The minimum atomic E-state index is -0.104. The maximum absolute atomic E-state index is 11.7. The van der Waals surface area contributed by atoms with Gasteiger partial charge in [0.05, 0.1) is 0 Å². The lowest BCUT2D eigenvalue weighted by Crippen LogP contribution is -2.08. The molecule has 0 aliphatic rings. The highest BCUT2D eigenvalue weighted by molar-refractivity contribution is 14.1. The molecule has 0 fully saturated rings. The zero-order valence-corrected chi connectivity index (χ0v) is 12.8. The second kappa shape index (κ2) is 6.15. The van der Waals surface area contributed by atoms with Gasteiger partial charge >= 0.3 is 0 Å². The van der Waals surface area contributed by atoms with Crippen LogP contribution in [0.3, 0.4) is 0 Å². The van der Waals surface area contributed by atoms with Crippen LogP contribution in [-0.4, -0.2) is 5.91 Å². The van der Waals surface area contributed by atoms with Gasteiger partial charge in [0.2, 0.25) is 5.91 Å². The molecular weight excluding hydrogens is 357 g/mol. The Morgan fingerprint density at radius 2 is 2.22 bits per heavy atom. The summed E-state index contributed by atoms with van der Waals surface area (Å²) in [5, 5.41) is 4.86. The topological polar surface area (TPSA) is 29.1 Å². The molecule has 0 saturated heterocycles. The van der Waals surface area contributed by atoms with Crippen LogP contribution in [0.1, 0.15) is 10.4 Å². The van der Waals surface area contributed by atoms with Crippen LogP contribution in [0, 0.1) is 10.5 Å². The Kier molecular flexibility index (Phi) is 4.54. The summed E-state index contributed by atoms with van der Waals surface area (Å²) in [4.78, 5) is 12.8. The molecule has 1 aromatic heterocycles. The Balaban J connectivity index is 2.03. The summed E-state index contributed by atoms with van der Waals surface area (Å²) >= 11 is 3.86. The summed E-state index contributed by atoms with van der Waals surface area (Å²) in [6, 6.07) is 9.88. The van der Waals surface area contributed by atoms with Gasteiger partial charge in [-0.3, -0.25) is 4.79 Å². The molecule has 4 heteroatoms. The molecular formula is C14H12INOS. The van der Waals surface area contributed by atoms with Crippen molar-refractivity contribution in [3.05, 3.63) is 55.8 Å². The van der Waals surface area contributed by atoms with Gasteiger partial charge in [-0.15, -0.1) is 11.3 Å². The Bertz CT molecular complexity index is 575. The number of carbonyl (C=O) groups is 1. The minimum Gasteiger partial charge on any atom is -0.322 e. The van der Waals surface area contributed by atoms with Crippen molar-refractivity contribution in [3.63, 3.8) is 0 Å². The Hall–Kier alpha value is -1.14. The van der Waals surface area contributed by atoms with Crippen LogP contribution in [-0.2, 0) is 4.79 Å². The van der Waals surface area contributed by atoms with E-state index in [2.05, 4.69) is 27.9 Å². The highest BCUT2D eigenvalue weighted by Crippen LogP contribution is 2.18. The smallest absolute Gasteiger partial charge is 0.248 e. The maximum Gasteiger partial charge on any atom is 0.248 e. The molecule has 92 valence electrons. The number of halogens is 1. The normalized spacial score (nSPS) is 10.8. The van der Waals surface area contributed by atoms with E-state index in [1.807, 2.05) is 48.7 Å². The van der Waals surface area contributed by atoms with Crippen molar-refractivity contribution < 1.29 is 4.79 Å². The van der Waals surface area contributed by atoms with Gasteiger partial charge in [-0.25, -0.2) is 0 Å². The third kappa shape index (κ3) is 3.68. The molecule has 1 amide bonds. The fourth-order valence-corrected chi connectivity index (χ4v) is 2.75. The molecule has 18 heavy (non-hydrogen) atoms. The third-order valence-electron chi connectivity index (χ3n) is 2.39. The van der Waals surface area contributed by atoms with Gasteiger partial charge in [0.1, 0.15) is 0 Å². The van der Waals surface area contributed by atoms with Crippen molar-refractivity contribution in [2.24, 2.45) is 0 Å². The van der Waals surface area contributed by atoms with E-state index in [0.29, 0.717) is 0 Å². The molecule has 2 rings (SSSR count). The molecule has 0 saturated carbocycles. The first-order valence-corrected chi connectivity index (χ1v) is 7.40. The number of aryl methyl sites for hydroxylation is 1. The van der Waals surface area contributed by atoms with Crippen molar-refractivity contribution >= 4 is 51.6 Å². The summed E-state index contributed by atoms with van der Waals surface area (Å²) in [7, 11) is 0. The molecule has 1 aromatic carbocycles. The molecule has 2 nitrogen and oxygen atoms in total. The minimum absolute atomic E-state index is 0.104. The first-order valence-electron chi connectivity index (χ1n) is 5.44. The largest absolute Gasteiger partial charge is 0.322 e. The fourth-order valence-electron chi connectivity index (χ4n) is 1.49. The van der Waals surface area contributed by atoms with E-state index in [0.717, 1.165) is 19.7 Å². The molecule has 0 spiro atoms. The molecule has 0 aliphatic heterocycles. The number of anilines is 1. The summed E-state index contributed by atoms with van der Waals surface area (Å²) in [6.07, 6.45) is 3.38. The average molecular weight is 369 g/mol. The molecule has 1 heterocycles. The van der Waals surface area contributed by atoms with Crippen molar-refractivity contribution in [2.75, 3.05) is 5.32 Å². The monoisotopic (exact) mass is 369 g/mol. The summed E-state index contributed by atoms with van der Waals surface area (Å²) < 4.78 is 1.16. The van der Waals surface area contributed by atoms with Gasteiger partial charge in [0.25, 0.3) is 0 Å². The molecule has 0 bridgehead atoms. The number of nitrogens with one attached hydrogen (secondary N) is 1. The van der Waals surface area contributed by atoms with E-state index in [4.69, 9.17) is 0 Å². The first-order chi connectivity index (χ1) is 8.65. The lowest BCUT2D eigenvalue weighted by molar-refractivity contribution is -0.111. The summed E-state index contributed by atoms with van der Waals surface area (Å²) in [5.41, 5.74) is 1.93. The molecule has 0 radical (unpaired) electrons. The van der Waals surface area contributed by atoms with E-state index in [1.54, 1.807) is 17.4 Å². The zero-order chi connectivity index (χ0) is 13.0. The molecule has 2 aromatic rings. The van der Waals surface area contributed by atoms with Crippen LogP contribution in [0.15, 0.2) is 41.8 Å². The van der Waals surface area contributed by atoms with E-state index in [9.17, 15) is 4.79 Å². The number of amides is 1. The summed E-state index contributed by atoms with van der Waals surface area (Å²) in [5.74, 6) is -0.104. The van der Waals surface area contributed by atoms with Gasteiger partial charge in [0, 0.05) is 20.2 Å². The van der Waals surface area contributed by atoms with E-state index < -0.39 is 0 Å². The van der Waals surface area contributed by atoms with Crippen LogP contribution in [0.4, 0.5) is 5.69 Å². The van der Waals surface area contributed by atoms with Crippen LogP contribution >= 0.6 is 33.9 Å². The van der Waals surface area contributed by atoms with E-state index in [1.165, 1.54) is 0 Å². The summed E-state index contributed by atoms with van der Waals surface area (Å²) in [6.45, 7) is 1.99. The van der Waals surface area contributed by atoms with E-state index in [-0.39, 0.29) is 5.91 Å².